The lowest BCUT2D eigenvalue weighted by atomic mass is 9.97. The summed E-state index contributed by atoms with van der Waals surface area (Å²) in [4.78, 5) is 0. The molecule has 0 aromatic heterocycles. The van der Waals surface area contributed by atoms with Crippen molar-refractivity contribution in [3.63, 3.8) is 0 Å². The van der Waals surface area contributed by atoms with E-state index in [1.54, 1.807) is 20.0 Å². The molecule has 4 atom stereocenters. The van der Waals surface area contributed by atoms with Gasteiger partial charge in [0.2, 0.25) is 0 Å². The number of rotatable bonds is 2. The van der Waals surface area contributed by atoms with Crippen molar-refractivity contribution >= 4 is 0 Å². The second-order valence-electron chi connectivity index (χ2n) is 3.33. The monoisotopic (exact) mass is 170 g/mol. The third-order valence-electron chi connectivity index (χ3n) is 2.55. The van der Waals surface area contributed by atoms with Crippen molar-refractivity contribution in [2.45, 2.75) is 30.8 Å². The maximum absolute atomic E-state index is 9.87. The van der Waals surface area contributed by atoms with Crippen LogP contribution in [0.2, 0.25) is 0 Å². The van der Waals surface area contributed by atoms with Crippen LogP contribution in [0.25, 0.3) is 5.32 Å². The highest BCUT2D eigenvalue weighted by molar-refractivity contribution is 5.41. The molecule has 1 heterocycles. The summed E-state index contributed by atoms with van der Waals surface area (Å²) in [5.74, 6) is 0. The van der Waals surface area contributed by atoms with Gasteiger partial charge in [0.15, 0.2) is 0 Å². The number of fused-ring (bicyclic) bond motifs is 1. The molecular weight excluding hydrogens is 158 g/mol. The Morgan fingerprint density at radius 3 is 2.75 bits per heavy atom. The smallest absolute Gasteiger partial charge is 0.136 e. The highest BCUT2D eigenvalue weighted by atomic mass is 16.6. The largest absolute Gasteiger partial charge is 0.688 e. The van der Waals surface area contributed by atoms with Crippen molar-refractivity contribution in [2.75, 3.05) is 7.05 Å². The van der Waals surface area contributed by atoms with E-state index in [2.05, 4.69) is 5.32 Å². The Morgan fingerprint density at radius 2 is 2.42 bits per heavy atom. The minimum Gasteiger partial charge on any atom is -0.688 e. The standard InChI is InChI=1S/C8H12NO3/c1-4(10)8(11)3-5(9-2)6-7(8)12-6/h3-4,6-7,10-11H,1-2H3/q-1. The van der Waals surface area contributed by atoms with E-state index in [0.717, 1.165) is 5.70 Å². The van der Waals surface area contributed by atoms with E-state index in [-0.39, 0.29) is 12.2 Å². The van der Waals surface area contributed by atoms with E-state index in [9.17, 15) is 10.2 Å². The Hall–Kier alpha value is -0.580. The summed E-state index contributed by atoms with van der Waals surface area (Å²) >= 11 is 0. The lowest BCUT2D eigenvalue weighted by Gasteiger charge is -2.25. The molecule has 4 nitrogen and oxygen atoms in total. The first-order chi connectivity index (χ1) is 5.59. The van der Waals surface area contributed by atoms with Crippen LogP contribution in [0.3, 0.4) is 0 Å². The maximum Gasteiger partial charge on any atom is 0.136 e. The van der Waals surface area contributed by atoms with Gasteiger partial charge in [-0.1, -0.05) is 6.08 Å². The van der Waals surface area contributed by atoms with Crippen LogP contribution in [0.4, 0.5) is 0 Å². The van der Waals surface area contributed by atoms with Gasteiger partial charge in [0, 0.05) is 0 Å². The van der Waals surface area contributed by atoms with Crippen molar-refractivity contribution in [1.29, 1.82) is 0 Å². The van der Waals surface area contributed by atoms with Gasteiger partial charge in [-0.2, -0.15) is 0 Å². The molecule has 12 heavy (non-hydrogen) atoms. The number of aliphatic hydroxyl groups is 2. The van der Waals surface area contributed by atoms with Gasteiger partial charge in [-0.25, -0.2) is 0 Å². The van der Waals surface area contributed by atoms with Gasteiger partial charge >= 0.3 is 0 Å². The lowest BCUT2D eigenvalue weighted by Crippen LogP contribution is -2.42. The molecule has 2 aliphatic rings. The van der Waals surface area contributed by atoms with Crippen molar-refractivity contribution in [1.82, 2.24) is 0 Å². The fraction of sp³-hybridized carbons (Fsp3) is 0.750. The predicted molar refractivity (Wildman–Crippen MR) is 42.7 cm³/mol. The molecule has 68 valence electrons. The first kappa shape index (κ1) is 8.04. The number of likely N-dealkylation sites (N-methyl/N-ethyl adjacent to an activating group) is 1. The molecule has 4 heteroatoms. The quantitative estimate of drug-likeness (QED) is 0.562. The van der Waals surface area contributed by atoms with E-state index >= 15 is 0 Å². The van der Waals surface area contributed by atoms with Gasteiger partial charge in [0.25, 0.3) is 0 Å². The molecule has 0 aromatic carbocycles. The van der Waals surface area contributed by atoms with Crippen molar-refractivity contribution in [3.8, 4) is 0 Å². The van der Waals surface area contributed by atoms with Crippen LogP contribution in [0, 0.1) is 0 Å². The summed E-state index contributed by atoms with van der Waals surface area (Å²) in [6.45, 7) is 1.55. The van der Waals surface area contributed by atoms with E-state index in [1.807, 2.05) is 0 Å². The zero-order valence-corrected chi connectivity index (χ0v) is 7.06. The number of aliphatic hydroxyl groups excluding tert-OH is 1. The van der Waals surface area contributed by atoms with Crippen LogP contribution in [-0.2, 0) is 4.74 Å². The van der Waals surface area contributed by atoms with E-state index in [4.69, 9.17) is 4.74 Å². The molecule has 1 saturated heterocycles. The lowest BCUT2D eigenvalue weighted by molar-refractivity contribution is -0.0462. The fourth-order valence-corrected chi connectivity index (χ4v) is 1.64. The summed E-state index contributed by atoms with van der Waals surface area (Å²) in [6.07, 6.45) is 0.411. The molecule has 2 N–H and O–H groups in total. The molecule has 1 fully saturated rings. The molecule has 2 rings (SSSR count). The Balaban J connectivity index is 2.25. The number of hydrogen-bond acceptors (Lipinski definition) is 3. The second kappa shape index (κ2) is 2.22. The van der Waals surface area contributed by atoms with E-state index in [0.29, 0.717) is 0 Å². The first-order valence-corrected chi connectivity index (χ1v) is 3.98. The first-order valence-electron chi connectivity index (χ1n) is 3.98. The topological polar surface area (TPSA) is 67.1 Å². The van der Waals surface area contributed by atoms with Gasteiger partial charge in [0.1, 0.15) is 11.7 Å². The van der Waals surface area contributed by atoms with Crippen LogP contribution in [0.1, 0.15) is 6.92 Å². The average Bonchev–Trinajstić information content (AvgIpc) is 2.74. The van der Waals surface area contributed by atoms with Gasteiger partial charge in [-0.15, -0.1) is 12.7 Å². The molecule has 0 spiro atoms. The van der Waals surface area contributed by atoms with Gasteiger partial charge < -0.3 is 20.3 Å². The summed E-state index contributed by atoms with van der Waals surface area (Å²) in [5, 5.41) is 23.1. The minimum absolute atomic E-state index is 0.0883. The third kappa shape index (κ3) is 0.827. The molecule has 0 aromatic rings. The number of ether oxygens (including phenoxy) is 1. The zero-order valence-electron chi connectivity index (χ0n) is 7.06. The Labute approximate surface area is 70.8 Å². The maximum atomic E-state index is 9.87. The van der Waals surface area contributed by atoms with Crippen molar-refractivity contribution in [3.05, 3.63) is 17.1 Å². The molecular formula is C8H12NO3-. The Kier molecular flexibility index (Phi) is 1.49. The van der Waals surface area contributed by atoms with Gasteiger partial charge in [0.05, 0.1) is 12.2 Å². The normalized spacial score (nSPS) is 46.5. The molecule has 0 saturated carbocycles. The number of nitrogens with zero attached hydrogens (tertiary/aromatic N) is 1. The molecule has 0 radical (unpaired) electrons. The van der Waals surface area contributed by atoms with Gasteiger partial charge in [-0.3, -0.25) is 0 Å². The molecule has 0 amide bonds. The highest BCUT2D eigenvalue weighted by Crippen LogP contribution is 2.47. The third-order valence-corrected chi connectivity index (χ3v) is 2.55. The highest BCUT2D eigenvalue weighted by Gasteiger charge is 2.59. The van der Waals surface area contributed by atoms with Crippen LogP contribution in [0.5, 0.6) is 0 Å². The van der Waals surface area contributed by atoms with Crippen molar-refractivity contribution < 1.29 is 14.9 Å². The molecule has 1 aliphatic heterocycles. The van der Waals surface area contributed by atoms with E-state index < -0.39 is 11.7 Å². The summed E-state index contributed by atoms with van der Waals surface area (Å²) in [7, 11) is 1.65. The second-order valence-corrected chi connectivity index (χ2v) is 3.33. The van der Waals surface area contributed by atoms with Crippen LogP contribution in [0.15, 0.2) is 11.8 Å². The summed E-state index contributed by atoms with van der Waals surface area (Å²) in [5.41, 5.74) is -0.483. The number of hydrogen-bond donors (Lipinski definition) is 2. The van der Waals surface area contributed by atoms with Crippen LogP contribution < -0.4 is 0 Å². The van der Waals surface area contributed by atoms with Crippen LogP contribution in [-0.4, -0.2) is 41.2 Å². The number of epoxide rings is 1. The molecule has 0 bridgehead atoms. The Bertz CT molecular complexity index is 238. The minimum atomic E-state index is -1.22. The Morgan fingerprint density at radius 1 is 1.75 bits per heavy atom. The summed E-state index contributed by atoms with van der Waals surface area (Å²) < 4.78 is 5.16. The zero-order chi connectivity index (χ0) is 8.93. The van der Waals surface area contributed by atoms with Crippen LogP contribution >= 0.6 is 0 Å². The summed E-state index contributed by atoms with van der Waals surface area (Å²) in [6, 6.07) is 0. The molecule has 4 unspecified atom stereocenters. The SMILES string of the molecule is C[N-]C1=CC(O)(C(C)O)C2OC12. The van der Waals surface area contributed by atoms with E-state index in [1.165, 1.54) is 0 Å². The molecule has 1 aliphatic carbocycles. The average molecular weight is 170 g/mol. The van der Waals surface area contributed by atoms with Crippen molar-refractivity contribution in [2.24, 2.45) is 0 Å². The predicted octanol–water partition coefficient (Wildman–Crippen LogP) is -0.233. The van der Waals surface area contributed by atoms with Gasteiger partial charge in [-0.05, 0) is 6.92 Å². The fourth-order valence-electron chi connectivity index (χ4n) is 1.64.